The molecule has 1 aromatic carbocycles. The molecule has 0 atom stereocenters. The number of hydrogen-bond donors (Lipinski definition) is 1. The van der Waals surface area contributed by atoms with Crippen LogP contribution in [-0.2, 0) is 20.1 Å². The van der Waals surface area contributed by atoms with Gasteiger partial charge in [0, 0.05) is 0 Å². The Morgan fingerprint density at radius 2 is 1.12 bits per heavy atom. The number of phenolic OH excluding ortho intramolecular Hbond substituents is 1. The summed E-state index contributed by atoms with van der Waals surface area (Å²) >= 11 is 0. The molecule has 1 aromatic rings. The van der Waals surface area contributed by atoms with Gasteiger partial charge in [-0.05, 0) is 55.1 Å². The fourth-order valence-corrected chi connectivity index (χ4v) is 2.92. The van der Waals surface area contributed by atoms with Gasteiger partial charge >= 0.3 is 7.12 Å². The number of rotatable bonds is 1. The van der Waals surface area contributed by atoms with E-state index in [4.69, 9.17) is 9.31 Å². The van der Waals surface area contributed by atoms with E-state index in [1.54, 1.807) is 0 Å². The average molecular weight is 332 g/mol. The molecule has 0 bridgehead atoms. The molecule has 0 aromatic heterocycles. The first kappa shape index (κ1) is 19.3. The summed E-state index contributed by atoms with van der Waals surface area (Å²) in [6.45, 7) is 20.9. The quantitative estimate of drug-likeness (QED) is 0.780. The molecule has 0 radical (unpaired) electrons. The summed E-state index contributed by atoms with van der Waals surface area (Å²) in [5, 5.41) is 10.9. The van der Waals surface area contributed by atoms with E-state index >= 15 is 0 Å². The van der Waals surface area contributed by atoms with Gasteiger partial charge in [0.2, 0.25) is 0 Å². The number of phenols is 1. The number of aromatic hydroxyl groups is 1. The van der Waals surface area contributed by atoms with Crippen molar-refractivity contribution in [1.29, 1.82) is 0 Å². The molecule has 0 saturated carbocycles. The van der Waals surface area contributed by atoms with Gasteiger partial charge in [0.25, 0.3) is 0 Å². The highest BCUT2D eigenvalue weighted by Gasteiger charge is 2.52. The normalized spacial score (nSPS) is 20.5. The van der Waals surface area contributed by atoms with Gasteiger partial charge < -0.3 is 14.4 Å². The molecule has 1 fully saturated rings. The predicted octanol–water partition coefficient (Wildman–Crippen LogP) is 4.29. The molecule has 0 amide bonds. The molecule has 4 heteroatoms. The molecule has 2 rings (SSSR count). The van der Waals surface area contributed by atoms with Gasteiger partial charge in [0.05, 0.1) is 11.2 Å². The Morgan fingerprint density at radius 3 is 1.42 bits per heavy atom. The van der Waals surface area contributed by atoms with Crippen molar-refractivity contribution < 1.29 is 14.4 Å². The first-order valence-electron chi connectivity index (χ1n) is 8.80. The van der Waals surface area contributed by atoms with Crippen molar-refractivity contribution in [2.24, 2.45) is 0 Å². The molecule has 1 aliphatic heterocycles. The van der Waals surface area contributed by atoms with Crippen molar-refractivity contribution >= 4 is 12.6 Å². The van der Waals surface area contributed by atoms with Crippen LogP contribution in [0.4, 0.5) is 0 Å². The van der Waals surface area contributed by atoms with Gasteiger partial charge in [0.1, 0.15) is 5.75 Å². The van der Waals surface area contributed by atoms with E-state index in [0.29, 0.717) is 5.75 Å². The van der Waals surface area contributed by atoms with E-state index < -0.39 is 7.12 Å². The van der Waals surface area contributed by atoms with Crippen molar-refractivity contribution in [3.63, 3.8) is 0 Å². The minimum absolute atomic E-state index is 0.163. The first-order chi connectivity index (χ1) is 10.6. The smallest absolute Gasteiger partial charge is 0.494 e. The standard InChI is InChI=1S/C20H33BO3/c1-17(2,3)14-11-13(12-15(16(14)22)18(4,5)6)21-23-19(7,8)20(9,10)24-21/h11-12,22H,1-10H3. The highest BCUT2D eigenvalue weighted by molar-refractivity contribution is 6.62. The van der Waals surface area contributed by atoms with Gasteiger partial charge in [0.15, 0.2) is 0 Å². The average Bonchev–Trinajstić information content (AvgIpc) is 2.55. The maximum Gasteiger partial charge on any atom is 0.494 e. The Morgan fingerprint density at radius 1 is 0.792 bits per heavy atom. The molecule has 0 unspecified atom stereocenters. The minimum Gasteiger partial charge on any atom is -0.507 e. The maximum absolute atomic E-state index is 10.9. The van der Waals surface area contributed by atoms with Crippen LogP contribution in [-0.4, -0.2) is 23.4 Å². The second-order valence-corrected chi connectivity index (χ2v) is 10.1. The Balaban J connectivity index is 2.61. The summed E-state index contributed by atoms with van der Waals surface area (Å²) in [7, 11) is -0.419. The van der Waals surface area contributed by atoms with Crippen LogP contribution >= 0.6 is 0 Å². The Kier molecular flexibility index (Phi) is 4.43. The lowest BCUT2D eigenvalue weighted by atomic mass is 9.71. The van der Waals surface area contributed by atoms with Gasteiger partial charge in [-0.25, -0.2) is 0 Å². The van der Waals surface area contributed by atoms with Gasteiger partial charge in [-0.15, -0.1) is 0 Å². The molecule has 1 N–H and O–H groups in total. The topological polar surface area (TPSA) is 38.7 Å². The Labute approximate surface area is 147 Å². The molecule has 0 aliphatic carbocycles. The van der Waals surface area contributed by atoms with E-state index in [0.717, 1.165) is 16.6 Å². The monoisotopic (exact) mass is 332 g/mol. The largest absolute Gasteiger partial charge is 0.507 e. The SMILES string of the molecule is CC(C)(C)c1cc(B2OC(C)(C)C(C)(C)O2)cc(C(C)(C)C)c1O. The first-order valence-corrected chi connectivity index (χ1v) is 8.80. The van der Waals surface area contributed by atoms with Gasteiger partial charge in [-0.2, -0.15) is 0 Å². The van der Waals surface area contributed by atoms with Crippen LogP contribution in [0.1, 0.15) is 80.4 Å². The van der Waals surface area contributed by atoms with E-state index in [1.807, 2.05) is 12.1 Å². The van der Waals surface area contributed by atoms with Gasteiger partial charge in [-0.3, -0.25) is 0 Å². The fourth-order valence-electron chi connectivity index (χ4n) is 2.92. The molecule has 3 nitrogen and oxygen atoms in total. The molecule has 134 valence electrons. The summed E-state index contributed by atoms with van der Waals surface area (Å²) in [6.07, 6.45) is 0. The zero-order valence-electron chi connectivity index (χ0n) is 17.0. The summed E-state index contributed by atoms with van der Waals surface area (Å²) in [5.74, 6) is 0.385. The van der Waals surface area contributed by atoms with Crippen molar-refractivity contribution in [2.75, 3.05) is 0 Å². The van der Waals surface area contributed by atoms with Crippen molar-refractivity contribution in [1.82, 2.24) is 0 Å². The fraction of sp³-hybridized carbons (Fsp3) is 0.700. The lowest BCUT2D eigenvalue weighted by Crippen LogP contribution is -2.41. The lowest BCUT2D eigenvalue weighted by molar-refractivity contribution is 0.00578. The third-order valence-corrected chi connectivity index (χ3v) is 5.27. The molecule has 24 heavy (non-hydrogen) atoms. The lowest BCUT2D eigenvalue weighted by Gasteiger charge is -2.32. The summed E-state index contributed by atoms with van der Waals surface area (Å²) in [5.41, 5.74) is 1.76. The van der Waals surface area contributed by atoms with Crippen molar-refractivity contribution in [2.45, 2.75) is 91.3 Å². The van der Waals surface area contributed by atoms with Crippen LogP contribution in [0, 0.1) is 0 Å². The highest BCUT2D eigenvalue weighted by atomic mass is 16.7. The van der Waals surface area contributed by atoms with Crippen molar-refractivity contribution in [3.8, 4) is 5.75 Å². The zero-order valence-corrected chi connectivity index (χ0v) is 17.0. The van der Waals surface area contributed by atoms with Crippen LogP contribution in [0.2, 0.25) is 0 Å². The number of benzene rings is 1. The Bertz CT molecular complexity index is 582. The second kappa shape index (κ2) is 5.50. The van der Waals surface area contributed by atoms with Crippen LogP contribution in [0.3, 0.4) is 0 Å². The van der Waals surface area contributed by atoms with E-state index in [1.165, 1.54) is 0 Å². The minimum atomic E-state index is -0.419. The van der Waals surface area contributed by atoms with E-state index in [2.05, 4.69) is 69.2 Å². The van der Waals surface area contributed by atoms with Crippen LogP contribution in [0.5, 0.6) is 5.75 Å². The molecule has 1 aliphatic rings. The third kappa shape index (κ3) is 3.36. The zero-order chi connectivity index (χ0) is 18.7. The summed E-state index contributed by atoms with van der Waals surface area (Å²) in [4.78, 5) is 0. The van der Waals surface area contributed by atoms with Gasteiger partial charge in [-0.1, -0.05) is 53.7 Å². The second-order valence-electron chi connectivity index (χ2n) is 10.1. The predicted molar refractivity (Wildman–Crippen MR) is 101 cm³/mol. The van der Waals surface area contributed by atoms with E-state index in [-0.39, 0.29) is 22.0 Å². The molecule has 1 saturated heterocycles. The third-order valence-electron chi connectivity index (χ3n) is 5.27. The molecule has 0 spiro atoms. The van der Waals surface area contributed by atoms with Crippen LogP contribution in [0.15, 0.2) is 12.1 Å². The highest BCUT2D eigenvalue weighted by Crippen LogP contribution is 2.40. The van der Waals surface area contributed by atoms with Crippen LogP contribution < -0.4 is 5.46 Å². The number of hydrogen-bond acceptors (Lipinski definition) is 3. The Hall–Kier alpha value is -0.995. The van der Waals surface area contributed by atoms with Crippen molar-refractivity contribution in [3.05, 3.63) is 23.3 Å². The summed E-state index contributed by atoms with van der Waals surface area (Å²) in [6, 6.07) is 4.07. The molecular formula is C20H33BO3. The summed E-state index contributed by atoms with van der Waals surface area (Å²) < 4.78 is 12.4. The molecule has 1 heterocycles. The van der Waals surface area contributed by atoms with Crippen LogP contribution in [0.25, 0.3) is 0 Å². The maximum atomic E-state index is 10.9. The van der Waals surface area contributed by atoms with E-state index in [9.17, 15) is 5.11 Å². The molecular weight excluding hydrogens is 299 g/mol.